The van der Waals surface area contributed by atoms with Gasteiger partial charge in [0, 0.05) is 17.1 Å². The Labute approximate surface area is 149 Å². The van der Waals surface area contributed by atoms with E-state index in [1.807, 2.05) is 19.1 Å². The Morgan fingerprint density at radius 3 is 2.75 bits per heavy atom. The molecule has 128 valence electrons. The number of alkyl halides is 3. The Bertz CT molecular complexity index is 738. The van der Waals surface area contributed by atoms with Gasteiger partial charge in [0.2, 0.25) is 0 Å². The summed E-state index contributed by atoms with van der Waals surface area (Å²) in [7, 11) is 0. The zero-order valence-corrected chi connectivity index (χ0v) is 15.0. The molecule has 24 heavy (non-hydrogen) atoms. The average molecular weight is 420 g/mol. The van der Waals surface area contributed by atoms with E-state index in [0.29, 0.717) is 10.0 Å². The van der Waals surface area contributed by atoms with Gasteiger partial charge in [-0.05, 0) is 42.3 Å². The second kappa shape index (κ2) is 8.02. The van der Waals surface area contributed by atoms with E-state index in [2.05, 4.69) is 25.7 Å². The molecule has 3 nitrogen and oxygen atoms in total. The van der Waals surface area contributed by atoms with Crippen molar-refractivity contribution in [1.82, 2.24) is 4.98 Å². The minimum Gasteiger partial charge on any atom is -0.406 e. The fraction of sp³-hybridized carbons (Fsp3) is 0.250. The van der Waals surface area contributed by atoms with Crippen LogP contribution in [0.2, 0.25) is 0 Å². The number of hydrogen-bond acceptors (Lipinski definition) is 4. The summed E-state index contributed by atoms with van der Waals surface area (Å²) in [4.78, 5) is 16.3. The van der Waals surface area contributed by atoms with Crippen LogP contribution in [-0.4, -0.2) is 22.9 Å². The number of nitrogens with zero attached hydrogens (tertiary/aromatic N) is 1. The summed E-state index contributed by atoms with van der Waals surface area (Å²) in [5.41, 5.74) is 1.41. The molecule has 0 aliphatic carbocycles. The highest BCUT2D eigenvalue weighted by molar-refractivity contribution is 9.10. The second-order valence-electron chi connectivity index (χ2n) is 4.93. The number of Topliss-reactive ketones (excluding diaryl/α,β-unsaturated/α-hetero) is 1. The number of ketones is 1. The van der Waals surface area contributed by atoms with Crippen molar-refractivity contribution >= 4 is 33.5 Å². The van der Waals surface area contributed by atoms with Crippen LogP contribution < -0.4 is 4.74 Å². The van der Waals surface area contributed by atoms with Crippen LogP contribution >= 0.6 is 27.7 Å². The highest BCUT2D eigenvalue weighted by atomic mass is 79.9. The van der Waals surface area contributed by atoms with Crippen molar-refractivity contribution in [3.8, 4) is 5.75 Å². The van der Waals surface area contributed by atoms with Crippen LogP contribution in [-0.2, 0) is 11.2 Å². The maximum absolute atomic E-state index is 12.3. The predicted octanol–water partition coefficient (Wildman–Crippen LogP) is 4.96. The molecule has 0 bridgehead atoms. The third-order valence-electron chi connectivity index (χ3n) is 2.97. The highest BCUT2D eigenvalue weighted by Crippen LogP contribution is 2.28. The molecule has 0 spiro atoms. The molecule has 0 saturated heterocycles. The number of thioether (sulfide) groups is 1. The molecule has 2 rings (SSSR count). The van der Waals surface area contributed by atoms with Gasteiger partial charge < -0.3 is 4.74 Å². The third-order valence-corrected chi connectivity index (χ3v) is 4.91. The Hall–Kier alpha value is -1.54. The number of aromatic nitrogens is 1. The smallest absolute Gasteiger partial charge is 0.406 e. The molecular weight excluding hydrogens is 407 g/mol. The Morgan fingerprint density at radius 2 is 2.08 bits per heavy atom. The number of benzene rings is 1. The molecule has 1 heterocycles. The van der Waals surface area contributed by atoms with E-state index in [0.717, 1.165) is 10.6 Å². The van der Waals surface area contributed by atoms with Crippen LogP contribution in [0.25, 0.3) is 0 Å². The molecule has 1 aromatic heterocycles. The first-order chi connectivity index (χ1) is 11.2. The first kappa shape index (κ1) is 18.8. The molecule has 0 fully saturated rings. The quantitative estimate of drug-likeness (QED) is 0.620. The van der Waals surface area contributed by atoms with E-state index in [4.69, 9.17) is 0 Å². The zero-order chi connectivity index (χ0) is 17.7. The molecule has 0 aliphatic rings. The van der Waals surface area contributed by atoms with Crippen LogP contribution in [0.4, 0.5) is 13.2 Å². The fourth-order valence-corrected chi connectivity index (χ4v) is 3.14. The van der Waals surface area contributed by atoms with E-state index < -0.39 is 6.36 Å². The van der Waals surface area contributed by atoms with E-state index >= 15 is 0 Å². The molecule has 0 atom stereocenters. The summed E-state index contributed by atoms with van der Waals surface area (Å²) in [5, 5.41) is 0.763. The van der Waals surface area contributed by atoms with Crippen molar-refractivity contribution in [2.75, 3.05) is 5.75 Å². The largest absolute Gasteiger partial charge is 0.573 e. The minimum absolute atomic E-state index is 0.00845. The van der Waals surface area contributed by atoms with Crippen molar-refractivity contribution in [1.29, 1.82) is 0 Å². The molecule has 1 aromatic carbocycles. The van der Waals surface area contributed by atoms with Crippen LogP contribution in [0.3, 0.4) is 0 Å². The third kappa shape index (κ3) is 5.83. The maximum Gasteiger partial charge on any atom is 0.573 e. The molecule has 0 amide bonds. The Kier molecular flexibility index (Phi) is 6.28. The average Bonchev–Trinajstić information content (AvgIpc) is 2.48. The van der Waals surface area contributed by atoms with Crippen molar-refractivity contribution in [2.24, 2.45) is 0 Å². The number of pyridine rings is 1. The molecule has 8 heteroatoms. The molecule has 0 aliphatic heterocycles. The van der Waals surface area contributed by atoms with E-state index in [-0.39, 0.29) is 23.7 Å². The molecular formula is C16H13BrF3NO2S. The summed E-state index contributed by atoms with van der Waals surface area (Å²) in [6.07, 6.45) is -3.11. The Balaban J connectivity index is 2.00. The number of rotatable bonds is 6. The lowest BCUT2D eigenvalue weighted by molar-refractivity contribution is -0.274. The van der Waals surface area contributed by atoms with Gasteiger partial charge in [0.25, 0.3) is 0 Å². The van der Waals surface area contributed by atoms with Gasteiger partial charge >= 0.3 is 6.36 Å². The van der Waals surface area contributed by atoms with Gasteiger partial charge in [0.15, 0.2) is 0 Å². The lowest BCUT2D eigenvalue weighted by atomic mass is 10.1. The van der Waals surface area contributed by atoms with Crippen LogP contribution in [0, 0.1) is 6.92 Å². The summed E-state index contributed by atoms with van der Waals surface area (Å²) in [5.74, 6) is -0.272. The van der Waals surface area contributed by atoms with Crippen molar-refractivity contribution < 1.29 is 22.7 Å². The minimum atomic E-state index is -4.76. The lowest BCUT2D eigenvalue weighted by Crippen LogP contribution is -2.17. The van der Waals surface area contributed by atoms with Gasteiger partial charge in [-0.25, -0.2) is 4.98 Å². The second-order valence-corrected chi connectivity index (χ2v) is 6.75. The number of halogens is 4. The van der Waals surface area contributed by atoms with Crippen molar-refractivity contribution in [2.45, 2.75) is 24.7 Å². The van der Waals surface area contributed by atoms with Crippen LogP contribution in [0.1, 0.15) is 11.1 Å². The van der Waals surface area contributed by atoms with Gasteiger partial charge in [-0.1, -0.05) is 33.8 Å². The Morgan fingerprint density at radius 1 is 1.33 bits per heavy atom. The number of hydrogen-bond donors (Lipinski definition) is 0. The zero-order valence-electron chi connectivity index (χ0n) is 12.6. The monoisotopic (exact) mass is 419 g/mol. The molecule has 0 N–H and O–H groups in total. The van der Waals surface area contributed by atoms with Crippen molar-refractivity contribution in [3.05, 3.63) is 52.1 Å². The van der Waals surface area contributed by atoms with Crippen LogP contribution in [0.5, 0.6) is 5.75 Å². The SMILES string of the molecule is Cc1cccnc1SCC(=O)Cc1cc(OC(F)(F)F)ccc1Br. The first-order valence-corrected chi connectivity index (χ1v) is 8.63. The van der Waals surface area contributed by atoms with Gasteiger partial charge in [0.1, 0.15) is 11.5 Å². The summed E-state index contributed by atoms with van der Waals surface area (Å²) in [6, 6.07) is 7.54. The van der Waals surface area contributed by atoms with Crippen LogP contribution in [0.15, 0.2) is 46.0 Å². The summed E-state index contributed by atoms with van der Waals surface area (Å²) >= 11 is 4.55. The highest BCUT2D eigenvalue weighted by Gasteiger charge is 2.31. The first-order valence-electron chi connectivity index (χ1n) is 6.85. The summed E-state index contributed by atoms with van der Waals surface area (Å²) < 4.78 is 41.2. The summed E-state index contributed by atoms with van der Waals surface area (Å²) in [6.45, 7) is 1.90. The number of carbonyl (C=O) groups excluding carboxylic acids is 1. The number of aryl methyl sites for hydroxylation is 1. The van der Waals surface area contributed by atoms with Gasteiger partial charge in [0.05, 0.1) is 10.8 Å². The molecule has 0 saturated carbocycles. The fourth-order valence-electron chi connectivity index (χ4n) is 1.92. The topological polar surface area (TPSA) is 39.2 Å². The molecule has 2 aromatic rings. The normalized spacial score (nSPS) is 11.4. The molecule has 0 unspecified atom stereocenters. The predicted molar refractivity (Wildman–Crippen MR) is 89.2 cm³/mol. The van der Waals surface area contributed by atoms with Crippen molar-refractivity contribution in [3.63, 3.8) is 0 Å². The van der Waals surface area contributed by atoms with Gasteiger partial charge in [-0.2, -0.15) is 0 Å². The maximum atomic E-state index is 12.3. The number of carbonyl (C=O) groups is 1. The van der Waals surface area contributed by atoms with E-state index in [1.165, 1.54) is 30.0 Å². The van der Waals surface area contributed by atoms with E-state index in [1.54, 1.807) is 6.20 Å². The number of ether oxygens (including phenoxy) is 1. The van der Waals surface area contributed by atoms with Gasteiger partial charge in [-0.15, -0.1) is 13.2 Å². The van der Waals surface area contributed by atoms with E-state index in [9.17, 15) is 18.0 Å². The van der Waals surface area contributed by atoms with Gasteiger partial charge in [-0.3, -0.25) is 4.79 Å². The molecule has 0 radical (unpaired) electrons. The standard InChI is InChI=1S/C16H13BrF3NO2S/c1-10-3-2-6-21-15(10)24-9-12(22)7-11-8-13(4-5-14(11)17)23-16(18,19)20/h2-6,8H,7,9H2,1H3. The lowest BCUT2D eigenvalue weighted by Gasteiger charge is -2.11.